The molecule has 0 spiro atoms. The van der Waals surface area contributed by atoms with Crippen molar-refractivity contribution in [3.8, 4) is 5.75 Å². The number of nitrogens with zero attached hydrogens (tertiary/aromatic N) is 1. The molecule has 0 atom stereocenters. The molecule has 7 heteroatoms. The van der Waals surface area contributed by atoms with Crippen molar-refractivity contribution in [1.82, 2.24) is 10.3 Å². The Morgan fingerprint density at radius 3 is 2.50 bits per heavy atom. The average Bonchev–Trinajstić information content (AvgIpc) is 2.73. The van der Waals surface area contributed by atoms with Crippen molar-refractivity contribution < 1.29 is 14.3 Å². The molecule has 0 saturated heterocycles. The van der Waals surface area contributed by atoms with E-state index in [0.717, 1.165) is 5.56 Å². The minimum Gasteiger partial charge on any atom is -0.497 e. The summed E-state index contributed by atoms with van der Waals surface area (Å²) >= 11 is 6.09. The molecule has 0 fully saturated rings. The minimum atomic E-state index is -0.390. The monoisotopic (exact) mass is 395 g/mol. The smallest absolute Gasteiger partial charge is 0.270 e. The first-order valence-corrected chi connectivity index (χ1v) is 8.87. The van der Waals surface area contributed by atoms with Gasteiger partial charge in [-0.3, -0.25) is 14.6 Å². The Morgan fingerprint density at radius 1 is 1.04 bits per heavy atom. The largest absolute Gasteiger partial charge is 0.497 e. The highest BCUT2D eigenvalue weighted by atomic mass is 35.5. The summed E-state index contributed by atoms with van der Waals surface area (Å²) in [5, 5.41) is 6.10. The van der Waals surface area contributed by atoms with Crippen LogP contribution in [-0.2, 0) is 6.54 Å². The first-order valence-electron chi connectivity index (χ1n) is 8.50. The molecule has 28 heavy (non-hydrogen) atoms. The molecule has 3 aromatic rings. The van der Waals surface area contributed by atoms with Crippen LogP contribution in [0.25, 0.3) is 0 Å². The van der Waals surface area contributed by atoms with E-state index in [2.05, 4.69) is 15.6 Å². The fourth-order valence-electron chi connectivity index (χ4n) is 2.48. The van der Waals surface area contributed by atoms with Gasteiger partial charge in [-0.25, -0.2) is 0 Å². The molecule has 0 bridgehead atoms. The lowest BCUT2D eigenvalue weighted by Gasteiger charge is -2.09. The second kappa shape index (κ2) is 9.01. The van der Waals surface area contributed by atoms with Crippen LogP contribution in [0.4, 0.5) is 5.69 Å². The van der Waals surface area contributed by atoms with E-state index >= 15 is 0 Å². The first-order chi connectivity index (χ1) is 13.6. The maximum atomic E-state index is 12.4. The normalized spacial score (nSPS) is 10.2. The van der Waals surface area contributed by atoms with Gasteiger partial charge in [0.05, 0.1) is 7.11 Å². The summed E-state index contributed by atoms with van der Waals surface area (Å²) in [7, 11) is 1.57. The molecular weight excluding hydrogens is 378 g/mol. The summed E-state index contributed by atoms with van der Waals surface area (Å²) < 4.78 is 5.09. The molecule has 0 aliphatic carbocycles. The van der Waals surface area contributed by atoms with Gasteiger partial charge in [0.2, 0.25) is 0 Å². The maximum absolute atomic E-state index is 12.4. The zero-order chi connectivity index (χ0) is 19.9. The van der Waals surface area contributed by atoms with Crippen LogP contribution in [0.15, 0.2) is 66.9 Å². The summed E-state index contributed by atoms with van der Waals surface area (Å²) in [6.07, 6.45) is 1.42. The molecule has 0 unspecified atom stereocenters. The van der Waals surface area contributed by atoms with Crippen molar-refractivity contribution in [2.45, 2.75) is 6.54 Å². The van der Waals surface area contributed by atoms with Crippen molar-refractivity contribution in [3.05, 3.63) is 88.7 Å². The predicted molar refractivity (Wildman–Crippen MR) is 108 cm³/mol. The average molecular weight is 396 g/mol. The fourth-order valence-corrected chi connectivity index (χ4v) is 2.68. The molecule has 3 rings (SSSR count). The van der Waals surface area contributed by atoms with Crippen LogP contribution < -0.4 is 15.4 Å². The summed E-state index contributed by atoms with van der Waals surface area (Å²) in [5.74, 6) is -0.0360. The van der Waals surface area contributed by atoms with E-state index in [1.165, 1.54) is 12.3 Å². The number of rotatable bonds is 6. The van der Waals surface area contributed by atoms with Gasteiger partial charge in [0.1, 0.15) is 11.4 Å². The van der Waals surface area contributed by atoms with Crippen molar-refractivity contribution in [2.24, 2.45) is 0 Å². The van der Waals surface area contributed by atoms with Crippen LogP contribution in [0.2, 0.25) is 5.02 Å². The lowest BCUT2D eigenvalue weighted by molar-refractivity contribution is 0.0946. The highest BCUT2D eigenvalue weighted by molar-refractivity contribution is 6.31. The summed E-state index contributed by atoms with van der Waals surface area (Å²) in [5.41, 5.74) is 1.89. The number of ether oxygens (including phenoxy) is 1. The Kier molecular flexibility index (Phi) is 6.24. The molecule has 0 aliphatic heterocycles. The standard InChI is InChI=1S/C21H18ClN3O3/c1-28-17-8-6-16(7-9-17)25-20(26)14-10-11-23-19(12-14)21(27)24-13-15-4-2-3-5-18(15)22/h2-12H,13H2,1H3,(H,24,27)(H,25,26). The van der Waals surface area contributed by atoms with Crippen LogP contribution in [0.5, 0.6) is 5.75 Å². The molecule has 142 valence electrons. The minimum absolute atomic E-state index is 0.148. The van der Waals surface area contributed by atoms with E-state index in [-0.39, 0.29) is 24.1 Å². The number of carbonyl (C=O) groups excluding carboxylic acids is 2. The maximum Gasteiger partial charge on any atom is 0.270 e. The quantitative estimate of drug-likeness (QED) is 0.662. The second-order valence-electron chi connectivity index (χ2n) is 5.89. The fraction of sp³-hybridized carbons (Fsp3) is 0.0952. The predicted octanol–water partition coefficient (Wildman–Crippen LogP) is 3.93. The number of pyridine rings is 1. The number of hydrogen-bond acceptors (Lipinski definition) is 4. The van der Waals surface area contributed by atoms with E-state index in [0.29, 0.717) is 22.0 Å². The third-order valence-corrected chi connectivity index (χ3v) is 4.37. The zero-order valence-electron chi connectivity index (χ0n) is 15.1. The van der Waals surface area contributed by atoms with Gasteiger partial charge in [0.25, 0.3) is 11.8 Å². The molecule has 1 aromatic heterocycles. The van der Waals surface area contributed by atoms with Gasteiger partial charge in [-0.05, 0) is 48.0 Å². The number of carbonyl (C=O) groups is 2. The Hall–Kier alpha value is -3.38. The van der Waals surface area contributed by atoms with Crippen molar-refractivity contribution in [2.75, 3.05) is 12.4 Å². The molecule has 0 radical (unpaired) electrons. The second-order valence-corrected chi connectivity index (χ2v) is 6.29. The number of amides is 2. The SMILES string of the molecule is COc1ccc(NC(=O)c2ccnc(C(=O)NCc3ccccc3Cl)c2)cc1. The summed E-state index contributed by atoms with van der Waals surface area (Å²) in [4.78, 5) is 28.9. The zero-order valence-corrected chi connectivity index (χ0v) is 15.9. The van der Waals surface area contributed by atoms with Crippen LogP contribution in [0.3, 0.4) is 0 Å². The molecule has 0 aliphatic rings. The van der Waals surface area contributed by atoms with E-state index in [1.807, 2.05) is 18.2 Å². The molecular formula is C21H18ClN3O3. The van der Waals surface area contributed by atoms with Crippen molar-refractivity contribution in [1.29, 1.82) is 0 Å². The van der Waals surface area contributed by atoms with Crippen molar-refractivity contribution >= 4 is 29.1 Å². The lowest BCUT2D eigenvalue weighted by Crippen LogP contribution is -2.24. The third-order valence-electron chi connectivity index (χ3n) is 4.00. The van der Waals surface area contributed by atoms with Crippen LogP contribution in [0.1, 0.15) is 26.4 Å². The Labute approximate surface area is 167 Å². The molecule has 6 nitrogen and oxygen atoms in total. The molecule has 2 amide bonds. The van der Waals surface area contributed by atoms with E-state index in [4.69, 9.17) is 16.3 Å². The lowest BCUT2D eigenvalue weighted by atomic mass is 10.2. The molecule has 0 saturated carbocycles. The van der Waals surface area contributed by atoms with E-state index < -0.39 is 0 Å². The third kappa shape index (κ3) is 4.86. The van der Waals surface area contributed by atoms with Gasteiger partial charge >= 0.3 is 0 Å². The Morgan fingerprint density at radius 2 is 1.79 bits per heavy atom. The summed E-state index contributed by atoms with van der Waals surface area (Å²) in [6, 6.07) is 17.2. The van der Waals surface area contributed by atoms with Crippen LogP contribution in [-0.4, -0.2) is 23.9 Å². The number of anilines is 1. The Bertz CT molecular complexity index is 990. The Balaban J connectivity index is 1.66. The van der Waals surface area contributed by atoms with E-state index in [9.17, 15) is 9.59 Å². The summed E-state index contributed by atoms with van der Waals surface area (Å²) in [6.45, 7) is 0.266. The van der Waals surface area contributed by atoms with Gasteiger partial charge < -0.3 is 15.4 Å². The first kappa shape index (κ1) is 19.4. The van der Waals surface area contributed by atoms with Gasteiger partial charge in [-0.1, -0.05) is 29.8 Å². The number of hydrogen-bond donors (Lipinski definition) is 2. The number of halogens is 1. The number of methoxy groups -OCH3 is 1. The molecule has 1 heterocycles. The van der Waals surface area contributed by atoms with Gasteiger partial charge in [-0.15, -0.1) is 0 Å². The van der Waals surface area contributed by atoms with Gasteiger partial charge in [0, 0.05) is 29.0 Å². The van der Waals surface area contributed by atoms with Crippen LogP contribution in [0, 0.1) is 0 Å². The van der Waals surface area contributed by atoms with Crippen molar-refractivity contribution in [3.63, 3.8) is 0 Å². The highest BCUT2D eigenvalue weighted by Crippen LogP contribution is 2.17. The van der Waals surface area contributed by atoms with Gasteiger partial charge in [-0.2, -0.15) is 0 Å². The molecule has 2 N–H and O–H groups in total. The topological polar surface area (TPSA) is 80.3 Å². The van der Waals surface area contributed by atoms with Crippen LogP contribution >= 0.6 is 11.6 Å². The highest BCUT2D eigenvalue weighted by Gasteiger charge is 2.12. The molecule has 2 aromatic carbocycles. The number of aromatic nitrogens is 1. The number of benzene rings is 2. The van der Waals surface area contributed by atoms with Gasteiger partial charge in [0.15, 0.2) is 0 Å². The van der Waals surface area contributed by atoms with E-state index in [1.54, 1.807) is 43.5 Å². The number of nitrogens with one attached hydrogen (secondary N) is 2.